The predicted molar refractivity (Wildman–Crippen MR) is 56.3 cm³/mol. The van der Waals surface area contributed by atoms with Gasteiger partial charge in [0.15, 0.2) is 5.58 Å². The molecule has 74 valence electrons. The summed E-state index contributed by atoms with van der Waals surface area (Å²) in [5.41, 5.74) is 1.95. The highest BCUT2D eigenvalue weighted by molar-refractivity contribution is 5.79. The molecule has 1 heterocycles. The third-order valence-electron chi connectivity index (χ3n) is 2.29. The first-order valence-corrected chi connectivity index (χ1v) is 4.89. The zero-order valence-electron chi connectivity index (χ0n) is 8.29. The molecule has 0 aliphatic rings. The first-order valence-electron chi connectivity index (χ1n) is 4.89. The predicted octanol–water partition coefficient (Wildman–Crippen LogP) is 1.98. The highest BCUT2D eigenvalue weighted by Crippen LogP contribution is 2.18. The van der Waals surface area contributed by atoms with Crippen molar-refractivity contribution in [3.8, 4) is 0 Å². The summed E-state index contributed by atoms with van der Waals surface area (Å²) in [6.45, 7) is 1.02. The van der Waals surface area contributed by atoms with E-state index in [4.69, 9.17) is 4.52 Å². The van der Waals surface area contributed by atoms with Gasteiger partial charge < -0.3 is 9.84 Å². The van der Waals surface area contributed by atoms with Gasteiger partial charge in [-0.15, -0.1) is 0 Å². The van der Waals surface area contributed by atoms with Crippen molar-refractivity contribution in [1.29, 1.82) is 0 Å². The summed E-state index contributed by atoms with van der Waals surface area (Å²) in [4.78, 5) is 0. The lowest BCUT2D eigenvalue weighted by molar-refractivity contribution is 0.444. The lowest BCUT2D eigenvalue weighted by Crippen LogP contribution is -2.08. The summed E-state index contributed by atoms with van der Waals surface area (Å²) >= 11 is 0. The Bertz CT molecular complexity index is 408. The van der Waals surface area contributed by atoms with Gasteiger partial charge >= 0.3 is 0 Å². The Balaban J connectivity index is 2.17. The number of nitrogens with zero attached hydrogens (tertiary/aromatic N) is 1. The van der Waals surface area contributed by atoms with E-state index in [0.29, 0.717) is 0 Å². The highest BCUT2D eigenvalue weighted by Gasteiger charge is 2.05. The van der Waals surface area contributed by atoms with E-state index in [1.54, 1.807) is 0 Å². The standard InChI is InChI=1S/C11H14N2O/c1-12-8-4-6-10-9-5-2-3-7-11(9)14-13-10/h2-3,5,7,12H,4,6,8H2,1H3. The Morgan fingerprint density at radius 2 is 2.21 bits per heavy atom. The molecule has 0 saturated carbocycles. The molecule has 14 heavy (non-hydrogen) atoms. The molecule has 0 radical (unpaired) electrons. The summed E-state index contributed by atoms with van der Waals surface area (Å²) in [7, 11) is 1.96. The van der Waals surface area contributed by atoms with Gasteiger partial charge in [0, 0.05) is 5.39 Å². The van der Waals surface area contributed by atoms with Crippen molar-refractivity contribution in [2.45, 2.75) is 12.8 Å². The summed E-state index contributed by atoms with van der Waals surface area (Å²) in [6, 6.07) is 7.98. The molecule has 0 aliphatic heterocycles. The van der Waals surface area contributed by atoms with Crippen LogP contribution in [-0.4, -0.2) is 18.7 Å². The molecule has 1 aromatic carbocycles. The minimum Gasteiger partial charge on any atom is -0.356 e. The van der Waals surface area contributed by atoms with Crippen LogP contribution in [0.3, 0.4) is 0 Å². The molecule has 0 saturated heterocycles. The molecule has 2 rings (SSSR count). The second kappa shape index (κ2) is 4.24. The Labute approximate surface area is 83.1 Å². The van der Waals surface area contributed by atoms with Crippen LogP contribution in [0.2, 0.25) is 0 Å². The average Bonchev–Trinajstić information content (AvgIpc) is 2.63. The van der Waals surface area contributed by atoms with Crippen LogP contribution in [0, 0.1) is 0 Å². The fourth-order valence-corrected chi connectivity index (χ4v) is 1.55. The number of aryl methyl sites for hydroxylation is 1. The summed E-state index contributed by atoms with van der Waals surface area (Å²) in [5.74, 6) is 0. The monoisotopic (exact) mass is 190 g/mol. The SMILES string of the molecule is CNCCCc1noc2ccccc12. The Morgan fingerprint density at radius 1 is 1.36 bits per heavy atom. The molecule has 0 aliphatic carbocycles. The van der Waals surface area contributed by atoms with Crippen LogP contribution >= 0.6 is 0 Å². The van der Waals surface area contributed by atoms with Gasteiger partial charge in [-0.25, -0.2) is 0 Å². The second-order valence-electron chi connectivity index (χ2n) is 3.33. The number of para-hydroxylation sites is 1. The molecule has 2 aromatic rings. The lowest BCUT2D eigenvalue weighted by atomic mass is 10.1. The van der Waals surface area contributed by atoms with Crippen LogP contribution in [0.25, 0.3) is 11.0 Å². The number of benzene rings is 1. The van der Waals surface area contributed by atoms with Gasteiger partial charge in [-0.3, -0.25) is 0 Å². The van der Waals surface area contributed by atoms with Crippen LogP contribution in [-0.2, 0) is 6.42 Å². The van der Waals surface area contributed by atoms with Crippen molar-refractivity contribution < 1.29 is 4.52 Å². The van der Waals surface area contributed by atoms with E-state index in [1.807, 2.05) is 25.2 Å². The summed E-state index contributed by atoms with van der Waals surface area (Å²) < 4.78 is 5.21. The maximum atomic E-state index is 5.21. The van der Waals surface area contributed by atoms with Crippen molar-refractivity contribution >= 4 is 11.0 Å². The van der Waals surface area contributed by atoms with E-state index in [2.05, 4.69) is 16.5 Å². The van der Waals surface area contributed by atoms with Gasteiger partial charge in [-0.05, 0) is 38.6 Å². The summed E-state index contributed by atoms with van der Waals surface area (Å²) in [6.07, 6.45) is 2.06. The zero-order valence-corrected chi connectivity index (χ0v) is 8.29. The largest absolute Gasteiger partial charge is 0.356 e. The van der Waals surface area contributed by atoms with Crippen LogP contribution in [0.15, 0.2) is 28.8 Å². The molecule has 3 heteroatoms. The van der Waals surface area contributed by atoms with Gasteiger partial charge in [0.05, 0.1) is 5.69 Å². The van der Waals surface area contributed by atoms with E-state index in [-0.39, 0.29) is 0 Å². The van der Waals surface area contributed by atoms with Gasteiger partial charge in [0.2, 0.25) is 0 Å². The highest BCUT2D eigenvalue weighted by atomic mass is 16.5. The molecule has 0 bridgehead atoms. The van der Waals surface area contributed by atoms with Crippen LogP contribution in [0.1, 0.15) is 12.1 Å². The van der Waals surface area contributed by atoms with Crippen LogP contribution < -0.4 is 5.32 Å². The van der Waals surface area contributed by atoms with Crippen molar-refractivity contribution in [3.63, 3.8) is 0 Å². The molecular weight excluding hydrogens is 176 g/mol. The van der Waals surface area contributed by atoms with Crippen LogP contribution in [0.5, 0.6) is 0 Å². The Kier molecular flexibility index (Phi) is 2.79. The molecule has 0 spiro atoms. The smallest absolute Gasteiger partial charge is 0.167 e. The van der Waals surface area contributed by atoms with Gasteiger partial charge in [0.25, 0.3) is 0 Å². The van der Waals surface area contributed by atoms with E-state index >= 15 is 0 Å². The minimum absolute atomic E-state index is 0.881. The van der Waals surface area contributed by atoms with Crippen LogP contribution in [0.4, 0.5) is 0 Å². The fourth-order valence-electron chi connectivity index (χ4n) is 1.55. The van der Waals surface area contributed by atoms with Crippen molar-refractivity contribution in [2.75, 3.05) is 13.6 Å². The van der Waals surface area contributed by atoms with Gasteiger partial charge in [-0.2, -0.15) is 0 Å². The number of fused-ring (bicyclic) bond motifs is 1. The van der Waals surface area contributed by atoms with Gasteiger partial charge in [-0.1, -0.05) is 17.3 Å². The molecular formula is C11H14N2O. The third-order valence-corrected chi connectivity index (χ3v) is 2.29. The normalized spacial score (nSPS) is 10.9. The maximum absolute atomic E-state index is 5.21. The maximum Gasteiger partial charge on any atom is 0.167 e. The molecule has 0 unspecified atom stereocenters. The Morgan fingerprint density at radius 3 is 3.07 bits per heavy atom. The number of aromatic nitrogens is 1. The number of hydrogen-bond acceptors (Lipinski definition) is 3. The molecule has 3 nitrogen and oxygen atoms in total. The lowest BCUT2D eigenvalue weighted by Gasteiger charge is -1.96. The van der Waals surface area contributed by atoms with E-state index in [1.165, 1.54) is 0 Å². The zero-order chi connectivity index (χ0) is 9.80. The molecule has 0 fully saturated rings. The first kappa shape index (κ1) is 9.21. The molecule has 0 atom stereocenters. The average molecular weight is 190 g/mol. The second-order valence-corrected chi connectivity index (χ2v) is 3.33. The quantitative estimate of drug-likeness (QED) is 0.749. The van der Waals surface area contributed by atoms with Crippen molar-refractivity contribution in [1.82, 2.24) is 10.5 Å². The summed E-state index contributed by atoms with van der Waals surface area (Å²) in [5, 5.41) is 8.33. The van der Waals surface area contributed by atoms with E-state index < -0.39 is 0 Å². The Hall–Kier alpha value is -1.35. The van der Waals surface area contributed by atoms with E-state index in [0.717, 1.165) is 36.0 Å². The fraction of sp³-hybridized carbons (Fsp3) is 0.364. The number of nitrogens with one attached hydrogen (secondary N) is 1. The first-order chi connectivity index (χ1) is 6.92. The van der Waals surface area contributed by atoms with Crippen molar-refractivity contribution in [3.05, 3.63) is 30.0 Å². The molecule has 1 N–H and O–H groups in total. The van der Waals surface area contributed by atoms with Gasteiger partial charge in [0.1, 0.15) is 0 Å². The van der Waals surface area contributed by atoms with E-state index in [9.17, 15) is 0 Å². The third kappa shape index (κ3) is 1.77. The number of hydrogen-bond donors (Lipinski definition) is 1. The molecule has 1 aromatic heterocycles. The number of rotatable bonds is 4. The minimum atomic E-state index is 0.881. The molecule has 0 amide bonds. The topological polar surface area (TPSA) is 38.1 Å². The van der Waals surface area contributed by atoms with Crippen molar-refractivity contribution in [2.24, 2.45) is 0 Å².